The third-order valence-corrected chi connectivity index (χ3v) is 4.41. The number of aliphatic hydroxyl groups is 2. The van der Waals surface area contributed by atoms with Crippen molar-refractivity contribution in [2.24, 2.45) is 0 Å². The number of rotatable bonds is 8. The topological polar surface area (TPSA) is 152 Å². The molecule has 1 aliphatic heterocycles. The molecule has 0 unspecified atom stereocenters. The van der Waals surface area contributed by atoms with E-state index in [-0.39, 0.29) is 12.2 Å². The minimum absolute atomic E-state index is 0.0809. The summed E-state index contributed by atoms with van der Waals surface area (Å²) in [6, 6.07) is 0. The number of nitrogens with one attached hydrogen (secondary N) is 1. The van der Waals surface area contributed by atoms with Gasteiger partial charge in [0.2, 0.25) is 6.41 Å². The van der Waals surface area contributed by atoms with E-state index in [0.29, 0.717) is 13.0 Å². The maximum atomic E-state index is 12.9. The second kappa shape index (κ2) is 8.43. The number of hydrogen-bond acceptors (Lipinski definition) is 8. The first-order chi connectivity index (χ1) is 13.5. The monoisotopic (exact) mass is 399 g/mol. The summed E-state index contributed by atoms with van der Waals surface area (Å²) in [5.41, 5.74) is -2.00. The minimum atomic E-state index is -1.62. The van der Waals surface area contributed by atoms with Crippen LogP contribution in [-0.4, -0.2) is 67.2 Å². The standard InChI is InChI=1S/C15H18FN5O7/c16-28-12-11(24)10(6-22)27-14(12)21-5-9(13(25)18-15(21)26)20(8-23)4-3-19-2-1-17-7-19/h1-2,5,7-8,10-12,14,22,24H,3-4,6H2,(H,18,25,26)/t10-,11+,12-,14-/m1/s1. The van der Waals surface area contributed by atoms with Crippen LogP contribution < -0.4 is 16.1 Å². The predicted molar refractivity (Wildman–Crippen MR) is 89.9 cm³/mol. The minimum Gasteiger partial charge on any atom is -0.394 e. The number of ether oxygens (including phenoxy) is 1. The van der Waals surface area contributed by atoms with Crippen LogP contribution in [0.3, 0.4) is 0 Å². The van der Waals surface area contributed by atoms with Gasteiger partial charge in [-0.1, -0.05) is 0 Å². The van der Waals surface area contributed by atoms with Crippen molar-refractivity contribution in [3.63, 3.8) is 0 Å². The number of nitrogens with zero attached hydrogens (tertiary/aromatic N) is 4. The summed E-state index contributed by atoms with van der Waals surface area (Å²) in [6.45, 7) is -0.246. The van der Waals surface area contributed by atoms with Crippen molar-refractivity contribution in [2.45, 2.75) is 31.1 Å². The SMILES string of the molecule is O=CN(CCn1ccnc1)c1cn([C@@H]2O[C@H](CO)[C@H](O)[C@H]2OF)c(=O)[nH]c1=O. The summed E-state index contributed by atoms with van der Waals surface area (Å²) in [5, 5.41) is 19.1. The molecule has 0 bridgehead atoms. The highest BCUT2D eigenvalue weighted by Crippen LogP contribution is 2.31. The van der Waals surface area contributed by atoms with E-state index in [9.17, 15) is 29.1 Å². The second-order valence-electron chi connectivity index (χ2n) is 6.07. The van der Waals surface area contributed by atoms with Crippen LogP contribution in [0.25, 0.3) is 0 Å². The maximum Gasteiger partial charge on any atom is 0.330 e. The van der Waals surface area contributed by atoms with Gasteiger partial charge in [-0.2, -0.15) is 4.94 Å². The van der Waals surface area contributed by atoms with Gasteiger partial charge in [0, 0.05) is 31.7 Å². The van der Waals surface area contributed by atoms with Crippen molar-refractivity contribution in [1.29, 1.82) is 0 Å². The smallest absolute Gasteiger partial charge is 0.330 e. The van der Waals surface area contributed by atoms with Crippen LogP contribution in [0.1, 0.15) is 6.23 Å². The van der Waals surface area contributed by atoms with E-state index in [0.717, 1.165) is 15.7 Å². The molecule has 28 heavy (non-hydrogen) atoms. The zero-order chi connectivity index (χ0) is 20.3. The molecule has 2 aromatic rings. The first kappa shape index (κ1) is 19.9. The average molecular weight is 399 g/mol. The second-order valence-corrected chi connectivity index (χ2v) is 6.07. The van der Waals surface area contributed by atoms with Gasteiger partial charge in [0.05, 0.1) is 12.9 Å². The summed E-state index contributed by atoms with van der Waals surface area (Å²) >= 11 is 0. The van der Waals surface area contributed by atoms with E-state index in [1.165, 1.54) is 6.33 Å². The van der Waals surface area contributed by atoms with E-state index >= 15 is 0 Å². The highest BCUT2D eigenvalue weighted by Gasteiger charge is 2.47. The summed E-state index contributed by atoms with van der Waals surface area (Å²) in [6.07, 6.45) is 0.316. The summed E-state index contributed by atoms with van der Waals surface area (Å²) < 4.78 is 20.7. The summed E-state index contributed by atoms with van der Waals surface area (Å²) in [5.74, 6) is 0. The third kappa shape index (κ3) is 3.73. The Labute approximate surface area is 156 Å². The maximum absolute atomic E-state index is 12.9. The Morgan fingerprint density at radius 2 is 2.25 bits per heavy atom. The van der Waals surface area contributed by atoms with Gasteiger partial charge in [0.25, 0.3) is 5.56 Å². The lowest BCUT2D eigenvalue weighted by Crippen LogP contribution is -2.41. The molecule has 1 aliphatic rings. The van der Waals surface area contributed by atoms with Gasteiger partial charge >= 0.3 is 5.69 Å². The number of carbonyl (C=O) groups is 1. The lowest BCUT2D eigenvalue weighted by Gasteiger charge is -2.21. The molecule has 152 valence electrons. The molecule has 3 rings (SSSR count). The Morgan fingerprint density at radius 1 is 1.46 bits per heavy atom. The number of halogens is 1. The zero-order valence-electron chi connectivity index (χ0n) is 14.4. The number of H-pyrrole nitrogens is 1. The highest BCUT2D eigenvalue weighted by molar-refractivity contribution is 5.73. The van der Waals surface area contributed by atoms with Crippen LogP contribution in [0, 0.1) is 0 Å². The quantitative estimate of drug-likeness (QED) is 0.428. The lowest BCUT2D eigenvalue weighted by molar-refractivity contribution is -0.221. The Balaban J connectivity index is 1.92. The molecule has 0 aromatic carbocycles. The molecule has 0 spiro atoms. The number of aliphatic hydroxyl groups excluding tert-OH is 2. The molecule has 3 N–H and O–H groups in total. The molecule has 1 amide bonds. The van der Waals surface area contributed by atoms with Gasteiger partial charge in [-0.05, 0) is 4.53 Å². The Morgan fingerprint density at radius 3 is 2.86 bits per heavy atom. The van der Waals surface area contributed by atoms with Crippen molar-refractivity contribution < 1.29 is 29.2 Å². The summed E-state index contributed by atoms with van der Waals surface area (Å²) in [4.78, 5) is 46.5. The van der Waals surface area contributed by atoms with Gasteiger partial charge in [-0.25, -0.2) is 9.78 Å². The van der Waals surface area contributed by atoms with Crippen molar-refractivity contribution in [2.75, 3.05) is 18.1 Å². The van der Waals surface area contributed by atoms with Crippen LogP contribution in [0.15, 0.2) is 34.5 Å². The van der Waals surface area contributed by atoms with E-state index in [4.69, 9.17) is 4.74 Å². The first-order valence-corrected chi connectivity index (χ1v) is 8.25. The molecule has 1 fully saturated rings. The normalized spacial score (nSPS) is 24.4. The van der Waals surface area contributed by atoms with Crippen molar-refractivity contribution in [3.8, 4) is 0 Å². The van der Waals surface area contributed by atoms with Crippen LogP contribution >= 0.6 is 0 Å². The van der Waals surface area contributed by atoms with Crippen molar-refractivity contribution in [1.82, 2.24) is 19.1 Å². The van der Waals surface area contributed by atoms with E-state index in [1.807, 2.05) is 4.98 Å². The van der Waals surface area contributed by atoms with Crippen LogP contribution in [-0.2, 0) is 21.0 Å². The highest BCUT2D eigenvalue weighted by atomic mass is 19.3. The fourth-order valence-electron chi connectivity index (χ4n) is 2.93. The fourth-order valence-corrected chi connectivity index (χ4v) is 2.93. The van der Waals surface area contributed by atoms with Crippen molar-refractivity contribution >= 4 is 12.1 Å². The predicted octanol–water partition coefficient (Wildman–Crippen LogP) is -2.08. The molecular formula is C15H18FN5O7. The molecular weight excluding hydrogens is 381 g/mol. The van der Waals surface area contributed by atoms with E-state index in [2.05, 4.69) is 9.93 Å². The number of aromatic nitrogens is 4. The number of hydrogen-bond donors (Lipinski definition) is 3. The van der Waals surface area contributed by atoms with E-state index in [1.54, 1.807) is 17.0 Å². The molecule has 0 aliphatic carbocycles. The molecule has 3 heterocycles. The number of amides is 1. The molecule has 1 saturated heterocycles. The molecule has 0 saturated carbocycles. The lowest BCUT2D eigenvalue weighted by atomic mass is 10.1. The van der Waals surface area contributed by atoms with Gasteiger partial charge < -0.3 is 24.4 Å². The average Bonchev–Trinajstić information content (AvgIpc) is 3.31. The molecule has 0 radical (unpaired) electrons. The van der Waals surface area contributed by atoms with E-state index < -0.39 is 42.4 Å². The van der Waals surface area contributed by atoms with Crippen LogP contribution in [0.5, 0.6) is 0 Å². The van der Waals surface area contributed by atoms with Gasteiger partial charge in [-0.15, -0.1) is 0 Å². The van der Waals surface area contributed by atoms with Crippen LogP contribution in [0.2, 0.25) is 0 Å². The summed E-state index contributed by atoms with van der Waals surface area (Å²) in [7, 11) is 0. The fraction of sp³-hybridized carbons (Fsp3) is 0.467. The molecule has 12 nitrogen and oxygen atoms in total. The Bertz CT molecular complexity index is 914. The number of carbonyl (C=O) groups excluding carboxylic acids is 1. The Hall–Kier alpha value is -2.87. The van der Waals surface area contributed by atoms with Crippen molar-refractivity contribution in [3.05, 3.63) is 45.8 Å². The van der Waals surface area contributed by atoms with Gasteiger partial charge in [0.1, 0.15) is 17.9 Å². The van der Waals surface area contributed by atoms with Gasteiger partial charge in [-0.3, -0.25) is 19.1 Å². The number of anilines is 1. The molecule has 13 heteroatoms. The molecule has 2 aromatic heterocycles. The largest absolute Gasteiger partial charge is 0.394 e. The third-order valence-electron chi connectivity index (χ3n) is 4.41. The van der Waals surface area contributed by atoms with Crippen LogP contribution in [0.4, 0.5) is 10.2 Å². The Kier molecular flexibility index (Phi) is 5.99. The zero-order valence-corrected chi connectivity index (χ0v) is 14.4. The van der Waals surface area contributed by atoms with Gasteiger partial charge in [0.15, 0.2) is 12.3 Å². The number of aromatic amines is 1. The molecule has 4 atom stereocenters. The number of imidazole rings is 1. The first-order valence-electron chi connectivity index (χ1n) is 8.25.